The van der Waals surface area contributed by atoms with Crippen molar-refractivity contribution in [3.63, 3.8) is 0 Å². The molecule has 0 saturated heterocycles. The maximum absolute atomic E-state index is 12.5. The number of hydrogen-bond acceptors (Lipinski definition) is 7. The number of nitrogens with zero attached hydrogens (tertiary/aromatic N) is 3. The average molecular weight is 345 g/mol. The van der Waals surface area contributed by atoms with Crippen LogP contribution in [0.15, 0.2) is 39.5 Å². The summed E-state index contributed by atoms with van der Waals surface area (Å²) in [7, 11) is 0. The van der Waals surface area contributed by atoms with Gasteiger partial charge in [-0.3, -0.25) is 4.79 Å². The van der Waals surface area contributed by atoms with Gasteiger partial charge < -0.3 is 9.73 Å². The van der Waals surface area contributed by atoms with Gasteiger partial charge in [0.2, 0.25) is 0 Å². The summed E-state index contributed by atoms with van der Waals surface area (Å²) in [6.07, 6.45) is 2.58. The van der Waals surface area contributed by atoms with Crippen molar-refractivity contribution >= 4 is 28.6 Å². The van der Waals surface area contributed by atoms with Gasteiger partial charge in [0, 0.05) is 5.39 Å². The molecule has 3 rings (SSSR count). The largest absolute Gasteiger partial charge is 0.422 e. The van der Waals surface area contributed by atoms with Gasteiger partial charge in [0.1, 0.15) is 11.1 Å². The van der Waals surface area contributed by atoms with Gasteiger partial charge >= 0.3 is 5.63 Å². The van der Waals surface area contributed by atoms with Crippen molar-refractivity contribution in [1.29, 1.82) is 0 Å². The van der Waals surface area contributed by atoms with Crippen molar-refractivity contribution in [2.45, 2.75) is 12.5 Å². The van der Waals surface area contributed by atoms with E-state index in [1.807, 2.05) is 12.3 Å². The number of nitrogens with one attached hydrogen (secondary N) is 2. The molecule has 9 heteroatoms. The Morgan fingerprint density at radius 2 is 2.25 bits per heavy atom. The lowest BCUT2D eigenvalue weighted by Gasteiger charge is -2.14. The van der Waals surface area contributed by atoms with Crippen LogP contribution in [0.5, 0.6) is 0 Å². The van der Waals surface area contributed by atoms with Gasteiger partial charge in [-0.05, 0) is 30.6 Å². The number of tetrazole rings is 1. The topological polar surface area (TPSA) is 114 Å². The third kappa shape index (κ3) is 3.46. The highest BCUT2D eigenvalue weighted by molar-refractivity contribution is 7.98. The van der Waals surface area contributed by atoms with Crippen LogP contribution in [0.3, 0.4) is 0 Å². The van der Waals surface area contributed by atoms with Crippen LogP contribution in [-0.4, -0.2) is 38.5 Å². The summed E-state index contributed by atoms with van der Waals surface area (Å²) >= 11 is 1.64. The van der Waals surface area contributed by atoms with E-state index in [4.69, 9.17) is 4.42 Å². The van der Waals surface area contributed by atoms with E-state index >= 15 is 0 Å². The summed E-state index contributed by atoms with van der Waals surface area (Å²) < 4.78 is 5.20. The fourth-order valence-electron chi connectivity index (χ4n) is 2.27. The molecule has 0 radical (unpaired) electrons. The number of amides is 1. The molecule has 1 aromatic carbocycles. The molecule has 0 aliphatic carbocycles. The standard InChI is InChI=1S/C15H15N5O3S/c1-24-7-6-11(13-17-19-20-18-13)16-14(21)10-8-9-4-2-3-5-12(9)23-15(10)22/h2-5,8,11H,6-7H2,1H3,(H,16,21)(H,17,18,19,20)/t11-/m1/s1. The zero-order valence-electron chi connectivity index (χ0n) is 12.9. The van der Waals surface area contributed by atoms with E-state index in [2.05, 4.69) is 25.9 Å². The number of fused-ring (bicyclic) bond motifs is 1. The van der Waals surface area contributed by atoms with Crippen molar-refractivity contribution in [1.82, 2.24) is 25.9 Å². The maximum atomic E-state index is 12.5. The van der Waals surface area contributed by atoms with Gasteiger partial charge in [-0.2, -0.15) is 17.0 Å². The normalized spacial score (nSPS) is 12.2. The molecule has 0 aliphatic heterocycles. The molecule has 0 saturated carbocycles. The van der Waals surface area contributed by atoms with Gasteiger partial charge in [-0.1, -0.05) is 23.4 Å². The number of thioether (sulfide) groups is 1. The SMILES string of the molecule is CSCC[C@@H](NC(=O)c1cc2ccccc2oc1=O)c1nn[nH]n1. The quantitative estimate of drug-likeness (QED) is 0.651. The number of aromatic nitrogens is 4. The molecule has 24 heavy (non-hydrogen) atoms. The minimum absolute atomic E-state index is 0.0497. The van der Waals surface area contributed by atoms with Gasteiger partial charge in [0.05, 0.1) is 6.04 Å². The van der Waals surface area contributed by atoms with Crippen LogP contribution >= 0.6 is 11.8 Å². The number of carbonyl (C=O) groups excluding carboxylic acids is 1. The molecular weight excluding hydrogens is 330 g/mol. The summed E-state index contributed by atoms with van der Waals surface area (Å²) in [6.45, 7) is 0. The molecular formula is C15H15N5O3S. The molecule has 1 amide bonds. The Balaban J connectivity index is 1.87. The summed E-state index contributed by atoms with van der Waals surface area (Å²) in [4.78, 5) is 24.6. The Labute approximate surface area is 141 Å². The average Bonchev–Trinajstić information content (AvgIpc) is 3.12. The molecule has 124 valence electrons. The first-order chi connectivity index (χ1) is 11.7. The van der Waals surface area contributed by atoms with E-state index < -0.39 is 17.6 Å². The van der Waals surface area contributed by atoms with Crippen LogP contribution in [0.2, 0.25) is 0 Å². The summed E-state index contributed by atoms with van der Waals surface area (Å²) in [5.74, 6) is 0.652. The zero-order chi connectivity index (χ0) is 16.9. The van der Waals surface area contributed by atoms with Gasteiger partial charge in [-0.25, -0.2) is 4.79 Å². The number of H-pyrrole nitrogens is 1. The minimum atomic E-state index is -0.678. The molecule has 3 aromatic rings. The first-order valence-corrected chi connectivity index (χ1v) is 8.64. The van der Waals surface area contributed by atoms with Gasteiger partial charge in [-0.15, -0.1) is 10.2 Å². The number of benzene rings is 1. The third-order valence-corrected chi connectivity index (χ3v) is 4.12. The Bertz CT molecular complexity index is 894. The van der Waals surface area contributed by atoms with Crippen LogP contribution in [-0.2, 0) is 0 Å². The van der Waals surface area contributed by atoms with Crippen LogP contribution < -0.4 is 10.9 Å². The minimum Gasteiger partial charge on any atom is -0.422 e. The molecule has 2 N–H and O–H groups in total. The maximum Gasteiger partial charge on any atom is 0.349 e. The second kappa shape index (κ2) is 7.26. The monoisotopic (exact) mass is 345 g/mol. The molecule has 0 fully saturated rings. The first kappa shape index (κ1) is 16.2. The fraction of sp³-hybridized carbons (Fsp3) is 0.267. The molecule has 0 unspecified atom stereocenters. The van der Waals surface area contributed by atoms with E-state index in [1.54, 1.807) is 30.0 Å². The molecule has 0 aliphatic rings. The Morgan fingerprint density at radius 1 is 1.42 bits per heavy atom. The van der Waals surface area contributed by atoms with Crippen LogP contribution in [0.1, 0.15) is 28.6 Å². The number of carbonyl (C=O) groups is 1. The van der Waals surface area contributed by atoms with Crippen molar-refractivity contribution in [3.8, 4) is 0 Å². The predicted octanol–water partition coefficient (Wildman–Crippen LogP) is 1.53. The first-order valence-electron chi connectivity index (χ1n) is 7.25. The van der Waals surface area contributed by atoms with E-state index in [9.17, 15) is 9.59 Å². The van der Waals surface area contributed by atoms with Crippen LogP contribution in [0.4, 0.5) is 0 Å². The number of rotatable bonds is 6. The summed E-state index contributed by atoms with van der Waals surface area (Å²) in [6, 6.07) is 8.12. The highest BCUT2D eigenvalue weighted by atomic mass is 32.2. The molecule has 8 nitrogen and oxygen atoms in total. The third-order valence-electron chi connectivity index (χ3n) is 3.48. The lowest BCUT2D eigenvalue weighted by atomic mass is 10.1. The van der Waals surface area contributed by atoms with Gasteiger partial charge in [0.25, 0.3) is 5.91 Å². The molecule has 0 spiro atoms. The second-order valence-corrected chi connectivity index (χ2v) is 6.05. The summed E-state index contributed by atoms with van der Waals surface area (Å²) in [5.41, 5.74) is -0.287. The van der Waals surface area contributed by atoms with E-state index in [-0.39, 0.29) is 5.56 Å². The van der Waals surface area contributed by atoms with Crippen molar-refractivity contribution in [2.75, 3.05) is 12.0 Å². The number of para-hydroxylation sites is 1. The Hall–Kier alpha value is -2.68. The van der Waals surface area contributed by atoms with Crippen LogP contribution in [0.25, 0.3) is 11.0 Å². The lowest BCUT2D eigenvalue weighted by molar-refractivity contribution is 0.0930. The fourth-order valence-corrected chi connectivity index (χ4v) is 2.75. The van der Waals surface area contributed by atoms with Crippen molar-refractivity contribution in [3.05, 3.63) is 52.1 Å². The van der Waals surface area contributed by atoms with E-state index in [1.165, 1.54) is 6.07 Å². The van der Waals surface area contributed by atoms with Crippen LogP contribution in [0, 0.1) is 0 Å². The highest BCUT2D eigenvalue weighted by Gasteiger charge is 2.21. The Kier molecular flexibility index (Phi) is 4.90. The van der Waals surface area contributed by atoms with Crippen molar-refractivity contribution < 1.29 is 9.21 Å². The van der Waals surface area contributed by atoms with Crippen molar-refractivity contribution in [2.24, 2.45) is 0 Å². The summed E-state index contributed by atoms with van der Waals surface area (Å²) in [5, 5.41) is 17.2. The number of aromatic amines is 1. The number of hydrogen-bond donors (Lipinski definition) is 2. The van der Waals surface area contributed by atoms with Gasteiger partial charge in [0.15, 0.2) is 5.82 Å². The lowest BCUT2D eigenvalue weighted by Crippen LogP contribution is -2.33. The molecule has 1 atom stereocenters. The molecule has 0 bridgehead atoms. The zero-order valence-corrected chi connectivity index (χ0v) is 13.7. The predicted molar refractivity (Wildman–Crippen MR) is 89.9 cm³/mol. The second-order valence-electron chi connectivity index (χ2n) is 5.06. The smallest absolute Gasteiger partial charge is 0.349 e. The molecule has 2 aromatic heterocycles. The van der Waals surface area contributed by atoms with E-state index in [0.29, 0.717) is 23.2 Å². The Morgan fingerprint density at radius 3 is 3.00 bits per heavy atom. The highest BCUT2D eigenvalue weighted by Crippen LogP contribution is 2.16. The molecule has 2 heterocycles. The van der Waals surface area contributed by atoms with E-state index in [0.717, 1.165) is 5.75 Å².